The van der Waals surface area contributed by atoms with E-state index in [-0.39, 0.29) is 23.9 Å². The van der Waals surface area contributed by atoms with Crippen molar-refractivity contribution in [2.75, 3.05) is 19.5 Å². The molecule has 0 aromatic heterocycles. The number of hydrogen-bond donors (Lipinski definition) is 0. The molecule has 6 heteroatoms. The molecular weight excluding hydrogens is 268 g/mol. The zero-order valence-corrected chi connectivity index (χ0v) is 12.4. The van der Waals surface area contributed by atoms with Crippen LogP contribution in [0.2, 0.25) is 0 Å². The third-order valence-electron chi connectivity index (χ3n) is 4.02. The molecule has 110 valence electrons. The highest BCUT2D eigenvalue weighted by molar-refractivity contribution is 7.85. The Bertz CT molecular complexity index is 446. The SMILES string of the molecule is C=CC12CCC(O1)C(C)(CCCOS(C)(=O)=O)OC2. The molecule has 0 spiro atoms. The van der Waals surface area contributed by atoms with E-state index in [0.29, 0.717) is 13.0 Å². The second kappa shape index (κ2) is 5.16. The quantitative estimate of drug-likeness (QED) is 0.423. The Morgan fingerprint density at radius 3 is 2.89 bits per heavy atom. The van der Waals surface area contributed by atoms with Crippen molar-refractivity contribution in [3.63, 3.8) is 0 Å². The lowest BCUT2D eigenvalue weighted by Gasteiger charge is -2.43. The van der Waals surface area contributed by atoms with E-state index in [1.165, 1.54) is 0 Å². The maximum absolute atomic E-state index is 10.9. The van der Waals surface area contributed by atoms with Gasteiger partial charge in [-0.1, -0.05) is 6.08 Å². The van der Waals surface area contributed by atoms with Gasteiger partial charge in [-0.05, 0) is 32.6 Å². The van der Waals surface area contributed by atoms with Crippen LogP contribution in [-0.2, 0) is 23.8 Å². The van der Waals surface area contributed by atoms with Gasteiger partial charge in [0.1, 0.15) is 5.60 Å². The van der Waals surface area contributed by atoms with Crippen LogP contribution in [0.3, 0.4) is 0 Å². The van der Waals surface area contributed by atoms with E-state index in [2.05, 4.69) is 6.58 Å². The molecule has 19 heavy (non-hydrogen) atoms. The molecule has 2 bridgehead atoms. The van der Waals surface area contributed by atoms with Crippen LogP contribution in [-0.4, -0.2) is 45.2 Å². The summed E-state index contributed by atoms with van der Waals surface area (Å²) in [6.07, 6.45) is 6.19. The lowest BCUT2D eigenvalue weighted by atomic mass is 9.91. The minimum atomic E-state index is -3.36. The summed E-state index contributed by atoms with van der Waals surface area (Å²) in [4.78, 5) is 0. The van der Waals surface area contributed by atoms with Gasteiger partial charge in [0, 0.05) is 0 Å². The highest BCUT2D eigenvalue weighted by atomic mass is 32.2. The molecule has 2 aliphatic rings. The molecule has 2 saturated heterocycles. The summed E-state index contributed by atoms with van der Waals surface area (Å²) in [6.45, 7) is 6.55. The summed E-state index contributed by atoms with van der Waals surface area (Å²) in [5.41, 5.74) is -0.669. The Morgan fingerprint density at radius 1 is 1.53 bits per heavy atom. The largest absolute Gasteiger partial charge is 0.369 e. The molecular formula is C13H22O5S. The van der Waals surface area contributed by atoms with Crippen LogP contribution in [0, 0.1) is 0 Å². The van der Waals surface area contributed by atoms with Gasteiger partial charge in [0.15, 0.2) is 0 Å². The maximum Gasteiger partial charge on any atom is 0.264 e. The molecule has 3 unspecified atom stereocenters. The van der Waals surface area contributed by atoms with Crippen molar-refractivity contribution in [3.05, 3.63) is 12.7 Å². The molecule has 0 radical (unpaired) electrons. The summed E-state index contributed by atoms with van der Waals surface area (Å²) in [5, 5.41) is 0. The van der Waals surface area contributed by atoms with Crippen molar-refractivity contribution < 1.29 is 22.1 Å². The Kier molecular flexibility index (Phi) is 4.07. The molecule has 0 aromatic rings. The lowest BCUT2D eigenvalue weighted by molar-refractivity contribution is -0.225. The highest BCUT2D eigenvalue weighted by Gasteiger charge is 2.52. The van der Waals surface area contributed by atoms with E-state index < -0.39 is 10.1 Å². The first-order chi connectivity index (χ1) is 8.79. The first-order valence-electron chi connectivity index (χ1n) is 6.58. The zero-order chi connectivity index (χ0) is 14.1. The normalized spacial score (nSPS) is 38.3. The Morgan fingerprint density at radius 2 is 2.26 bits per heavy atom. The lowest BCUT2D eigenvalue weighted by Crippen LogP contribution is -2.51. The molecule has 0 aromatic carbocycles. The maximum atomic E-state index is 10.9. The molecule has 3 atom stereocenters. The van der Waals surface area contributed by atoms with E-state index >= 15 is 0 Å². The fourth-order valence-electron chi connectivity index (χ4n) is 2.77. The average Bonchev–Trinajstić information content (AvgIpc) is 2.72. The molecule has 5 nitrogen and oxygen atoms in total. The smallest absolute Gasteiger partial charge is 0.264 e. The molecule has 0 N–H and O–H groups in total. The van der Waals surface area contributed by atoms with Gasteiger partial charge >= 0.3 is 0 Å². The van der Waals surface area contributed by atoms with E-state index in [1.54, 1.807) is 0 Å². The fourth-order valence-corrected chi connectivity index (χ4v) is 3.19. The molecule has 0 amide bonds. The van der Waals surface area contributed by atoms with Crippen molar-refractivity contribution in [1.29, 1.82) is 0 Å². The minimum absolute atomic E-state index is 0.0532. The van der Waals surface area contributed by atoms with Gasteiger partial charge in [0.2, 0.25) is 0 Å². The summed E-state index contributed by atoms with van der Waals surface area (Å²) < 4.78 is 38.5. The third-order valence-corrected chi connectivity index (χ3v) is 4.62. The Hall–Kier alpha value is -0.430. The second-order valence-corrected chi connectivity index (χ2v) is 7.29. The highest BCUT2D eigenvalue weighted by Crippen LogP contribution is 2.44. The summed E-state index contributed by atoms with van der Waals surface area (Å²) in [5.74, 6) is 0. The standard InChI is InChI=1S/C13H22O5S/c1-4-13-8-6-11(18-13)12(2,16-10-13)7-5-9-17-19(3,14)15/h4,11H,1,5-10H2,2-3H3. The van der Waals surface area contributed by atoms with Gasteiger partial charge in [-0.3, -0.25) is 4.18 Å². The van der Waals surface area contributed by atoms with E-state index in [1.807, 2.05) is 13.0 Å². The van der Waals surface area contributed by atoms with E-state index in [4.69, 9.17) is 13.7 Å². The van der Waals surface area contributed by atoms with Gasteiger partial charge in [-0.25, -0.2) is 0 Å². The predicted octanol–water partition coefficient (Wildman–Crippen LogP) is 1.64. The van der Waals surface area contributed by atoms with Crippen LogP contribution in [0.25, 0.3) is 0 Å². The Labute approximate surface area is 115 Å². The van der Waals surface area contributed by atoms with Crippen LogP contribution in [0.1, 0.15) is 32.6 Å². The molecule has 2 fully saturated rings. The molecule has 2 rings (SSSR count). The topological polar surface area (TPSA) is 61.8 Å². The van der Waals surface area contributed by atoms with Gasteiger partial charge in [0.05, 0.1) is 31.2 Å². The first kappa shape index (κ1) is 15.0. The summed E-state index contributed by atoms with van der Waals surface area (Å²) in [7, 11) is -3.36. The van der Waals surface area contributed by atoms with Gasteiger partial charge in [-0.2, -0.15) is 8.42 Å². The van der Waals surface area contributed by atoms with E-state index in [9.17, 15) is 8.42 Å². The van der Waals surface area contributed by atoms with Crippen molar-refractivity contribution >= 4 is 10.1 Å². The summed E-state index contributed by atoms with van der Waals surface area (Å²) >= 11 is 0. The average molecular weight is 290 g/mol. The van der Waals surface area contributed by atoms with Crippen molar-refractivity contribution in [3.8, 4) is 0 Å². The molecule has 0 aliphatic carbocycles. The van der Waals surface area contributed by atoms with Crippen LogP contribution in [0.15, 0.2) is 12.7 Å². The van der Waals surface area contributed by atoms with Crippen molar-refractivity contribution in [2.45, 2.75) is 49.9 Å². The third kappa shape index (κ3) is 3.37. The predicted molar refractivity (Wildman–Crippen MR) is 71.4 cm³/mol. The van der Waals surface area contributed by atoms with Gasteiger partial charge in [0.25, 0.3) is 10.1 Å². The van der Waals surface area contributed by atoms with Crippen LogP contribution >= 0.6 is 0 Å². The van der Waals surface area contributed by atoms with Crippen LogP contribution < -0.4 is 0 Å². The molecule has 2 heterocycles. The van der Waals surface area contributed by atoms with Gasteiger partial charge in [-0.15, -0.1) is 6.58 Å². The molecule has 0 saturated carbocycles. The fraction of sp³-hybridized carbons (Fsp3) is 0.846. The summed E-state index contributed by atoms with van der Waals surface area (Å²) in [6, 6.07) is 0. The van der Waals surface area contributed by atoms with Crippen molar-refractivity contribution in [1.82, 2.24) is 0 Å². The van der Waals surface area contributed by atoms with E-state index in [0.717, 1.165) is 25.5 Å². The Balaban J connectivity index is 1.85. The molecule has 2 aliphatic heterocycles. The van der Waals surface area contributed by atoms with Gasteiger partial charge < -0.3 is 9.47 Å². The minimum Gasteiger partial charge on any atom is -0.369 e. The van der Waals surface area contributed by atoms with Crippen LogP contribution in [0.4, 0.5) is 0 Å². The van der Waals surface area contributed by atoms with Crippen molar-refractivity contribution in [2.24, 2.45) is 0 Å². The zero-order valence-electron chi connectivity index (χ0n) is 11.6. The first-order valence-corrected chi connectivity index (χ1v) is 8.40. The number of ether oxygens (including phenoxy) is 2. The second-order valence-electron chi connectivity index (χ2n) is 5.65. The number of hydrogen-bond acceptors (Lipinski definition) is 5. The monoisotopic (exact) mass is 290 g/mol. The van der Waals surface area contributed by atoms with Crippen LogP contribution in [0.5, 0.6) is 0 Å². The number of fused-ring (bicyclic) bond motifs is 2. The number of rotatable bonds is 6.